The summed E-state index contributed by atoms with van der Waals surface area (Å²) in [4.78, 5) is 61.9. The van der Waals surface area contributed by atoms with Crippen molar-refractivity contribution in [3.05, 3.63) is 29.8 Å². The van der Waals surface area contributed by atoms with Crippen LogP contribution in [0.3, 0.4) is 0 Å². The molecule has 0 spiro atoms. The Hall–Kier alpha value is -3.07. The molecule has 0 fully saturated rings. The second-order valence-corrected chi connectivity index (χ2v) is 20.1. The van der Waals surface area contributed by atoms with Crippen LogP contribution in [0.25, 0.3) is 0 Å². The maximum atomic E-state index is 13.5. The van der Waals surface area contributed by atoms with E-state index >= 15 is 0 Å². The smallest absolute Gasteiger partial charge is 0.468 e. The maximum Gasteiger partial charge on any atom is 0.508 e. The SMILES string of the molecule is COC(=O)[C@](C)(COC(C)=O)COC(=O)OC[C@](C)(COC(=O)C(C)(C)C[C@H](Br)c1ccc([Si](C)(C)C)cc1)C(=O)OCC(C)(F)F. The highest BCUT2D eigenvalue weighted by molar-refractivity contribution is 9.09. The quantitative estimate of drug-likeness (QED) is 0.0834. The summed E-state index contributed by atoms with van der Waals surface area (Å²) in [7, 11) is -0.401. The van der Waals surface area contributed by atoms with Crippen molar-refractivity contribution in [3.8, 4) is 0 Å². The second-order valence-electron chi connectivity index (χ2n) is 13.9. The average molecular weight is 754 g/mol. The van der Waals surface area contributed by atoms with Crippen molar-refractivity contribution < 1.29 is 61.2 Å². The van der Waals surface area contributed by atoms with Gasteiger partial charge in [0, 0.05) is 18.7 Å². The first-order chi connectivity index (χ1) is 21.3. The van der Waals surface area contributed by atoms with Crippen molar-refractivity contribution in [2.45, 2.75) is 78.4 Å². The van der Waals surface area contributed by atoms with Crippen LogP contribution in [0.5, 0.6) is 0 Å². The molecule has 0 amide bonds. The summed E-state index contributed by atoms with van der Waals surface area (Å²) >= 11 is 3.65. The molecule has 0 aromatic heterocycles. The molecule has 11 nitrogen and oxygen atoms in total. The molecule has 0 aliphatic heterocycles. The zero-order chi connectivity index (χ0) is 36.4. The fourth-order valence-corrected chi connectivity index (χ4v) is 6.21. The first-order valence-electron chi connectivity index (χ1n) is 14.8. The number of hydrogen-bond donors (Lipinski definition) is 0. The summed E-state index contributed by atoms with van der Waals surface area (Å²) in [5.41, 5.74) is -3.60. The molecule has 0 saturated carbocycles. The summed E-state index contributed by atoms with van der Waals surface area (Å²) in [6.07, 6.45) is -1.03. The molecule has 47 heavy (non-hydrogen) atoms. The van der Waals surface area contributed by atoms with E-state index in [9.17, 15) is 32.8 Å². The van der Waals surface area contributed by atoms with Gasteiger partial charge in [-0.2, -0.15) is 0 Å². The third-order valence-corrected chi connectivity index (χ3v) is 10.1. The predicted octanol–water partition coefficient (Wildman–Crippen LogP) is 5.73. The van der Waals surface area contributed by atoms with Gasteiger partial charge in [-0.05, 0) is 39.7 Å². The number of halogens is 3. The molecule has 3 atom stereocenters. The van der Waals surface area contributed by atoms with Crippen LogP contribution in [0.2, 0.25) is 19.6 Å². The Bertz CT molecular complexity index is 1260. The van der Waals surface area contributed by atoms with Gasteiger partial charge < -0.3 is 28.4 Å². The molecule has 1 rings (SSSR count). The van der Waals surface area contributed by atoms with Crippen LogP contribution < -0.4 is 5.19 Å². The van der Waals surface area contributed by atoms with Gasteiger partial charge in [0.2, 0.25) is 0 Å². The van der Waals surface area contributed by atoms with Gasteiger partial charge >= 0.3 is 30.0 Å². The van der Waals surface area contributed by atoms with Crippen molar-refractivity contribution in [2.24, 2.45) is 16.2 Å². The van der Waals surface area contributed by atoms with Crippen LogP contribution >= 0.6 is 15.9 Å². The minimum Gasteiger partial charge on any atom is -0.468 e. The van der Waals surface area contributed by atoms with Gasteiger partial charge in [0.15, 0.2) is 6.61 Å². The number of benzene rings is 1. The molecule has 266 valence electrons. The summed E-state index contributed by atoms with van der Waals surface area (Å²) in [6.45, 7) is 10.4. The number of carbonyl (C=O) groups is 5. The first-order valence-corrected chi connectivity index (χ1v) is 19.2. The summed E-state index contributed by atoms with van der Waals surface area (Å²) in [5.74, 6) is -6.79. The number of hydrogen-bond acceptors (Lipinski definition) is 11. The first kappa shape index (κ1) is 41.9. The Balaban J connectivity index is 3.01. The lowest BCUT2D eigenvalue weighted by Crippen LogP contribution is -2.43. The lowest BCUT2D eigenvalue weighted by atomic mass is 9.86. The van der Waals surface area contributed by atoms with E-state index in [2.05, 4.69) is 47.7 Å². The number of esters is 4. The fourth-order valence-electron chi connectivity index (χ4n) is 3.93. The molecule has 0 saturated heterocycles. The van der Waals surface area contributed by atoms with Crippen molar-refractivity contribution in [1.82, 2.24) is 0 Å². The van der Waals surface area contributed by atoms with E-state index in [1.807, 2.05) is 12.1 Å². The molecule has 0 unspecified atom stereocenters. The lowest BCUT2D eigenvalue weighted by molar-refractivity contribution is -0.176. The molecule has 1 aromatic carbocycles. The number of alkyl halides is 3. The summed E-state index contributed by atoms with van der Waals surface area (Å²) in [5, 5.41) is 1.29. The van der Waals surface area contributed by atoms with E-state index in [0.29, 0.717) is 13.3 Å². The van der Waals surface area contributed by atoms with Crippen LogP contribution in [-0.2, 0) is 47.6 Å². The number of ether oxygens (including phenoxy) is 6. The van der Waals surface area contributed by atoms with Crippen LogP contribution in [-0.4, -0.2) is 84.2 Å². The topological polar surface area (TPSA) is 141 Å². The third-order valence-electron chi connectivity index (χ3n) is 7.14. The average Bonchev–Trinajstić information content (AvgIpc) is 2.97. The van der Waals surface area contributed by atoms with Gasteiger partial charge in [-0.15, -0.1) is 0 Å². The molecule has 0 N–H and O–H groups in total. The number of methoxy groups -OCH3 is 1. The molecule has 0 aliphatic carbocycles. The van der Waals surface area contributed by atoms with E-state index in [1.165, 1.54) is 19.0 Å². The molecule has 0 aliphatic rings. The second kappa shape index (κ2) is 16.8. The standard InChI is InChI=1S/C32H47BrF2O11Si/c1-21(36)42-16-30(4,26(38)41-7)18-45-28(40)46-19-31(5,27(39)44-20-32(6,34)35)17-43-25(37)29(2,3)15-24(33)22-11-13-23(14-12-22)47(8,9)10/h11-14,24H,15-20H2,1-10H3/t24-,30+,31-/m0/s1. The van der Waals surface area contributed by atoms with Crippen LogP contribution in [0.15, 0.2) is 24.3 Å². The molecule has 0 radical (unpaired) electrons. The van der Waals surface area contributed by atoms with Crippen LogP contribution in [0, 0.1) is 16.2 Å². The number of rotatable bonds is 17. The fraction of sp³-hybridized carbons (Fsp3) is 0.656. The summed E-state index contributed by atoms with van der Waals surface area (Å²) in [6, 6.07) is 8.18. The summed E-state index contributed by atoms with van der Waals surface area (Å²) < 4.78 is 56.8. The van der Waals surface area contributed by atoms with Crippen LogP contribution in [0.1, 0.15) is 58.4 Å². The Kier molecular flexibility index (Phi) is 15.0. The van der Waals surface area contributed by atoms with E-state index < -0.39 is 93.3 Å². The Morgan fingerprint density at radius 2 is 1.17 bits per heavy atom. The van der Waals surface area contributed by atoms with Gasteiger partial charge in [0.25, 0.3) is 5.92 Å². The normalized spacial score (nSPS) is 15.3. The minimum atomic E-state index is -3.35. The van der Waals surface area contributed by atoms with E-state index in [4.69, 9.17) is 28.4 Å². The molecule has 1 aromatic rings. The largest absolute Gasteiger partial charge is 0.508 e. The van der Waals surface area contributed by atoms with E-state index in [0.717, 1.165) is 19.6 Å². The molecular formula is C32H47BrF2O11Si. The maximum absolute atomic E-state index is 13.5. The van der Waals surface area contributed by atoms with Gasteiger partial charge in [-0.25, -0.2) is 13.6 Å². The molecule has 15 heteroatoms. The minimum absolute atomic E-state index is 0.210. The van der Waals surface area contributed by atoms with Gasteiger partial charge in [0.05, 0.1) is 20.6 Å². The Morgan fingerprint density at radius 1 is 0.723 bits per heavy atom. The van der Waals surface area contributed by atoms with Gasteiger partial charge in [0.1, 0.15) is 37.3 Å². The molecule has 0 bridgehead atoms. The zero-order valence-corrected chi connectivity index (χ0v) is 31.3. The molecular weight excluding hydrogens is 706 g/mol. The highest BCUT2D eigenvalue weighted by Crippen LogP contribution is 2.37. The van der Waals surface area contributed by atoms with Crippen molar-refractivity contribution in [2.75, 3.05) is 40.1 Å². The van der Waals surface area contributed by atoms with E-state index in [-0.39, 0.29) is 4.83 Å². The Labute approximate surface area is 284 Å². The van der Waals surface area contributed by atoms with Gasteiger partial charge in [-0.1, -0.05) is 65.0 Å². The zero-order valence-electron chi connectivity index (χ0n) is 28.8. The van der Waals surface area contributed by atoms with Crippen molar-refractivity contribution in [3.63, 3.8) is 0 Å². The van der Waals surface area contributed by atoms with Crippen molar-refractivity contribution >= 4 is 59.2 Å². The van der Waals surface area contributed by atoms with Gasteiger partial charge in [-0.3, -0.25) is 19.2 Å². The lowest BCUT2D eigenvalue weighted by Gasteiger charge is -2.30. The third kappa shape index (κ3) is 13.9. The molecule has 0 heterocycles. The van der Waals surface area contributed by atoms with E-state index in [1.54, 1.807) is 13.8 Å². The predicted molar refractivity (Wildman–Crippen MR) is 174 cm³/mol. The number of carbonyl (C=O) groups excluding carboxylic acids is 5. The highest BCUT2D eigenvalue weighted by atomic mass is 79.9. The van der Waals surface area contributed by atoms with Crippen LogP contribution in [0.4, 0.5) is 13.6 Å². The van der Waals surface area contributed by atoms with Crippen molar-refractivity contribution in [1.29, 1.82) is 0 Å². The Morgan fingerprint density at radius 3 is 1.62 bits per heavy atom. The monoisotopic (exact) mass is 752 g/mol. The highest BCUT2D eigenvalue weighted by Gasteiger charge is 2.43.